The van der Waals surface area contributed by atoms with E-state index in [1.54, 1.807) is 14.2 Å². The Labute approximate surface area is 132 Å². The number of rotatable bonds is 6. The Kier molecular flexibility index (Phi) is 6.25. The van der Waals surface area contributed by atoms with Crippen molar-refractivity contribution in [3.05, 3.63) is 33.8 Å². The summed E-state index contributed by atoms with van der Waals surface area (Å²) in [5, 5.41) is 3.08. The summed E-state index contributed by atoms with van der Waals surface area (Å²) in [4.78, 5) is 0. The van der Waals surface area contributed by atoms with E-state index in [0.29, 0.717) is 16.5 Å². The van der Waals surface area contributed by atoms with Crippen LogP contribution in [-0.2, 0) is 10.9 Å². The molecule has 0 spiro atoms. The van der Waals surface area contributed by atoms with Crippen molar-refractivity contribution in [3.8, 4) is 0 Å². The highest BCUT2D eigenvalue weighted by atomic mass is 79.9. The van der Waals surface area contributed by atoms with Crippen LogP contribution in [0.3, 0.4) is 0 Å². The molecule has 1 aromatic carbocycles. The predicted octanol–water partition coefficient (Wildman–Crippen LogP) is 4.93. The van der Waals surface area contributed by atoms with Crippen LogP contribution in [0.15, 0.2) is 22.7 Å². The van der Waals surface area contributed by atoms with E-state index >= 15 is 0 Å². The van der Waals surface area contributed by atoms with Gasteiger partial charge in [-0.2, -0.15) is 13.2 Å². The van der Waals surface area contributed by atoms with Gasteiger partial charge in [-0.05, 0) is 57.5 Å². The molecular formula is C15H21BrF3NO. The molecular weight excluding hydrogens is 347 g/mol. The summed E-state index contributed by atoms with van der Waals surface area (Å²) in [6.07, 6.45) is -2.92. The molecule has 0 aliphatic heterocycles. The zero-order valence-corrected chi connectivity index (χ0v) is 14.2. The lowest BCUT2D eigenvalue weighted by Gasteiger charge is -2.26. The largest absolute Gasteiger partial charge is 0.416 e. The second-order valence-electron chi connectivity index (χ2n) is 5.58. The zero-order chi connectivity index (χ0) is 16.3. The van der Waals surface area contributed by atoms with Crippen LogP contribution in [0.1, 0.15) is 43.9 Å². The van der Waals surface area contributed by atoms with Crippen molar-refractivity contribution in [1.82, 2.24) is 5.32 Å². The molecule has 21 heavy (non-hydrogen) atoms. The lowest BCUT2D eigenvalue weighted by Crippen LogP contribution is -2.26. The molecule has 0 bridgehead atoms. The van der Waals surface area contributed by atoms with Crippen LogP contribution in [0, 0.1) is 0 Å². The molecule has 1 aromatic rings. The first-order valence-electron chi connectivity index (χ1n) is 6.70. The van der Waals surface area contributed by atoms with Crippen LogP contribution in [0.5, 0.6) is 0 Å². The molecule has 120 valence electrons. The van der Waals surface area contributed by atoms with Gasteiger partial charge in [-0.1, -0.05) is 15.9 Å². The maximum absolute atomic E-state index is 12.8. The molecule has 0 saturated carbocycles. The fourth-order valence-electron chi connectivity index (χ4n) is 2.04. The Hall–Kier alpha value is -0.590. The van der Waals surface area contributed by atoms with Crippen molar-refractivity contribution in [3.63, 3.8) is 0 Å². The van der Waals surface area contributed by atoms with Crippen LogP contribution in [0.4, 0.5) is 13.2 Å². The summed E-state index contributed by atoms with van der Waals surface area (Å²) in [5.74, 6) is 0. The third kappa shape index (κ3) is 5.27. The molecule has 6 heteroatoms. The molecule has 1 unspecified atom stereocenters. The summed E-state index contributed by atoms with van der Waals surface area (Å²) in [5.41, 5.74) is -0.324. The Morgan fingerprint density at radius 1 is 1.29 bits per heavy atom. The smallest absolute Gasteiger partial charge is 0.379 e. The van der Waals surface area contributed by atoms with Crippen LogP contribution in [-0.4, -0.2) is 19.8 Å². The summed E-state index contributed by atoms with van der Waals surface area (Å²) in [6.45, 7) is 3.92. The van der Waals surface area contributed by atoms with E-state index in [9.17, 15) is 13.2 Å². The highest BCUT2D eigenvalue weighted by Gasteiger charge is 2.31. The van der Waals surface area contributed by atoms with Crippen molar-refractivity contribution in [2.75, 3.05) is 14.2 Å². The van der Waals surface area contributed by atoms with E-state index in [1.807, 2.05) is 13.8 Å². The third-order valence-corrected chi connectivity index (χ3v) is 4.36. The topological polar surface area (TPSA) is 21.3 Å². The maximum Gasteiger partial charge on any atom is 0.416 e. The lowest BCUT2D eigenvalue weighted by atomic mass is 9.94. The van der Waals surface area contributed by atoms with Crippen molar-refractivity contribution in [2.24, 2.45) is 0 Å². The molecule has 1 atom stereocenters. The van der Waals surface area contributed by atoms with E-state index < -0.39 is 11.7 Å². The van der Waals surface area contributed by atoms with Gasteiger partial charge in [-0.25, -0.2) is 0 Å². The minimum Gasteiger partial charge on any atom is -0.379 e. The molecule has 0 aliphatic carbocycles. The second-order valence-corrected chi connectivity index (χ2v) is 6.43. The van der Waals surface area contributed by atoms with Gasteiger partial charge in [0.15, 0.2) is 0 Å². The lowest BCUT2D eigenvalue weighted by molar-refractivity contribution is -0.137. The Bertz CT molecular complexity index is 474. The van der Waals surface area contributed by atoms with Gasteiger partial charge in [0.25, 0.3) is 0 Å². The number of ether oxygens (including phenoxy) is 1. The average Bonchev–Trinajstić information content (AvgIpc) is 2.40. The average molecular weight is 368 g/mol. The van der Waals surface area contributed by atoms with Crippen molar-refractivity contribution in [2.45, 2.75) is 44.5 Å². The monoisotopic (exact) mass is 367 g/mol. The quantitative estimate of drug-likeness (QED) is 0.769. The minimum atomic E-state index is -4.33. The Morgan fingerprint density at radius 3 is 2.38 bits per heavy atom. The van der Waals surface area contributed by atoms with Crippen molar-refractivity contribution in [1.29, 1.82) is 0 Å². The van der Waals surface area contributed by atoms with Gasteiger partial charge in [-0.3, -0.25) is 0 Å². The fourth-order valence-corrected chi connectivity index (χ4v) is 2.56. The standard InChI is InChI=1S/C15H21BrF3NO/c1-14(2,21-4)8-7-13(20-3)11-9-10(15(17,18)19)5-6-12(11)16/h5-6,9,13,20H,7-8H2,1-4H3. The molecule has 1 N–H and O–H groups in total. The Balaban J connectivity index is 3.00. The van der Waals surface area contributed by atoms with Gasteiger partial charge in [0, 0.05) is 17.6 Å². The number of alkyl halides is 3. The first-order valence-corrected chi connectivity index (χ1v) is 7.49. The van der Waals surface area contributed by atoms with Gasteiger partial charge in [-0.15, -0.1) is 0 Å². The molecule has 0 heterocycles. The number of hydrogen-bond donors (Lipinski definition) is 1. The normalized spacial score (nSPS) is 14.3. The summed E-state index contributed by atoms with van der Waals surface area (Å²) < 4.78 is 44.6. The van der Waals surface area contributed by atoms with E-state index in [1.165, 1.54) is 12.1 Å². The fraction of sp³-hybridized carbons (Fsp3) is 0.600. The summed E-state index contributed by atoms with van der Waals surface area (Å²) in [6, 6.07) is 3.56. The molecule has 0 saturated heterocycles. The number of benzene rings is 1. The van der Waals surface area contributed by atoms with E-state index in [2.05, 4.69) is 21.2 Å². The highest BCUT2D eigenvalue weighted by molar-refractivity contribution is 9.10. The molecule has 1 rings (SSSR count). The molecule has 0 amide bonds. The summed E-state index contributed by atoms with van der Waals surface area (Å²) in [7, 11) is 3.38. The Morgan fingerprint density at radius 2 is 1.90 bits per heavy atom. The zero-order valence-electron chi connectivity index (χ0n) is 12.6. The maximum atomic E-state index is 12.8. The minimum absolute atomic E-state index is 0.170. The molecule has 0 fully saturated rings. The van der Waals surface area contributed by atoms with Crippen molar-refractivity contribution >= 4 is 15.9 Å². The van der Waals surface area contributed by atoms with Gasteiger partial charge in [0.1, 0.15) is 0 Å². The number of nitrogens with one attached hydrogen (secondary N) is 1. The van der Waals surface area contributed by atoms with Gasteiger partial charge >= 0.3 is 6.18 Å². The first kappa shape index (κ1) is 18.5. The van der Waals surface area contributed by atoms with E-state index in [-0.39, 0.29) is 11.6 Å². The second kappa shape index (κ2) is 7.11. The van der Waals surface area contributed by atoms with Gasteiger partial charge in [0.2, 0.25) is 0 Å². The van der Waals surface area contributed by atoms with E-state index in [4.69, 9.17) is 4.74 Å². The van der Waals surface area contributed by atoms with Crippen LogP contribution < -0.4 is 5.32 Å². The predicted molar refractivity (Wildman–Crippen MR) is 81.3 cm³/mol. The van der Waals surface area contributed by atoms with Crippen LogP contribution in [0.2, 0.25) is 0 Å². The molecule has 0 aromatic heterocycles. The van der Waals surface area contributed by atoms with Crippen LogP contribution >= 0.6 is 15.9 Å². The molecule has 0 radical (unpaired) electrons. The third-order valence-electron chi connectivity index (χ3n) is 3.63. The van der Waals surface area contributed by atoms with Crippen LogP contribution in [0.25, 0.3) is 0 Å². The molecule has 0 aliphatic rings. The van der Waals surface area contributed by atoms with Gasteiger partial charge < -0.3 is 10.1 Å². The first-order chi connectivity index (χ1) is 9.60. The number of hydrogen-bond acceptors (Lipinski definition) is 2. The molecule has 2 nitrogen and oxygen atoms in total. The number of methoxy groups -OCH3 is 1. The summed E-state index contributed by atoms with van der Waals surface area (Å²) >= 11 is 3.34. The van der Waals surface area contributed by atoms with E-state index in [0.717, 1.165) is 12.5 Å². The SMILES string of the molecule is CNC(CCC(C)(C)OC)c1cc(C(F)(F)F)ccc1Br. The highest BCUT2D eigenvalue weighted by Crippen LogP contribution is 2.35. The number of halogens is 4. The van der Waals surface area contributed by atoms with Gasteiger partial charge in [0.05, 0.1) is 11.2 Å². The van der Waals surface area contributed by atoms with Crippen molar-refractivity contribution < 1.29 is 17.9 Å².